The van der Waals surface area contributed by atoms with Gasteiger partial charge < -0.3 is 0 Å². The molecule has 0 spiro atoms. The highest BCUT2D eigenvalue weighted by atomic mass is 35.5. The normalized spacial score (nSPS) is 13.3. The molecule has 1 heterocycles. The molecule has 0 fully saturated rings. The van der Waals surface area contributed by atoms with Crippen LogP contribution in [0.4, 0.5) is 17.6 Å². The SMILES string of the molecule is CC(c1cc(F)cc(C(F)(F)F)c1)c1ccc(Cl)cn1. The zero-order valence-electron chi connectivity index (χ0n) is 10.4. The van der Waals surface area contributed by atoms with Gasteiger partial charge in [-0.3, -0.25) is 4.98 Å². The molecule has 6 heteroatoms. The number of hydrogen-bond acceptors (Lipinski definition) is 1. The van der Waals surface area contributed by atoms with E-state index >= 15 is 0 Å². The second kappa shape index (κ2) is 5.40. The molecule has 0 saturated heterocycles. The van der Waals surface area contributed by atoms with Crippen LogP contribution < -0.4 is 0 Å². The quantitative estimate of drug-likeness (QED) is 0.708. The lowest BCUT2D eigenvalue weighted by molar-refractivity contribution is -0.137. The maximum Gasteiger partial charge on any atom is 0.416 e. The molecule has 0 aliphatic heterocycles. The Hall–Kier alpha value is -1.62. The van der Waals surface area contributed by atoms with Crippen molar-refractivity contribution in [1.82, 2.24) is 4.98 Å². The largest absolute Gasteiger partial charge is 0.416 e. The number of pyridine rings is 1. The van der Waals surface area contributed by atoms with Crippen LogP contribution in [0.15, 0.2) is 36.5 Å². The van der Waals surface area contributed by atoms with Gasteiger partial charge in [0.2, 0.25) is 0 Å². The van der Waals surface area contributed by atoms with E-state index in [4.69, 9.17) is 11.6 Å². The highest BCUT2D eigenvalue weighted by Crippen LogP contribution is 2.33. The van der Waals surface area contributed by atoms with Crippen molar-refractivity contribution < 1.29 is 17.6 Å². The van der Waals surface area contributed by atoms with Gasteiger partial charge in [-0.1, -0.05) is 18.5 Å². The molecule has 0 aliphatic rings. The molecule has 1 unspecified atom stereocenters. The van der Waals surface area contributed by atoms with Gasteiger partial charge in [-0.2, -0.15) is 13.2 Å². The first-order valence-corrected chi connectivity index (χ1v) is 6.14. The van der Waals surface area contributed by atoms with Gasteiger partial charge in [0.25, 0.3) is 0 Å². The first kappa shape index (κ1) is 14.8. The summed E-state index contributed by atoms with van der Waals surface area (Å²) in [5.41, 5.74) is -0.270. The van der Waals surface area contributed by atoms with Crippen molar-refractivity contribution in [2.75, 3.05) is 0 Å². The lowest BCUT2D eigenvalue weighted by Crippen LogP contribution is -2.08. The molecule has 0 bridgehead atoms. The van der Waals surface area contributed by atoms with Gasteiger partial charge in [0.1, 0.15) is 5.82 Å². The fourth-order valence-corrected chi connectivity index (χ4v) is 1.95. The van der Waals surface area contributed by atoms with Crippen LogP contribution in [0.25, 0.3) is 0 Å². The summed E-state index contributed by atoms with van der Waals surface area (Å²) in [4.78, 5) is 4.04. The topological polar surface area (TPSA) is 12.9 Å². The molecular formula is C14H10ClF4N. The summed E-state index contributed by atoms with van der Waals surface area (Å²) in [5.74, 6) is -1.39. The van der Waals surface area contributed by atoms with Crippen LogP contribution in [0.3, 0.4) is 0 Å². The summed E-state index contributed by atoms with van der Waals surface area (Å²) in [7, 11) is 0. The Kier molecular flexibility index (Phi) is 3.99. The number of rotatable bonds is 2. The van der Waals surface area contributed by atoms with Gasteiger partial charge in [-0.05, 0) is 35.9 Å². The highest BCUT2D eigenvalue weighted by molar-refractivity contribution is 6.30. The summed E-state index contributed by atoms with van der Waals surface area (Å²) in [6, 6.07) is 5.68. The fourth-order valence-electron chi connectivity index (χ4n) is 1.84. The first-order valence-electron chi connectivity index (χ1n) is 5.76. The van der Waals surface area contributed by atoms with E-state index in [1.165, 1.54) is 6.20 Å². The van der Waals surface area contributed by atoms with Crippen molar-refractivity contribution >= 4 is 11.6 Å². The highest BCUT2D eigenvalue weighted by Gasteiger charge is 2.31. The van der Waals surface area contributed by atoms with Gasteiger partial charge in [0.15, 0.2) is 0 Å². The van der Waals surface area contributed by atoms with Crippen molar-refractivity contribution in [3.05, 3.63) is 64.2 Å². The van der Waals surface area contributed by atoms with Gasteiger partial charge in [-0.25, -0.2) is 4.39 Å². The summed E-state index contributed by atoms with van der Waals surface area (Å²) in [6.45, 7) is 1.66. The van der Waals surface area contributed by atoms with Crippen molar-refractivity contribution in [1.29, 1.82) is 0 Å². The summed E-state index contributed by atoms with van der Waals surface area (Å²) in [6.07, 6.45) is -3.18. The smallest absolute Gasteiger partial charge is 0.259 e. The molecule has 106 valence electrons. The lowest BCUT2D eigenvalue weighted by Gasteiger charge is -2.14. The Morgan fingerprint density at radius 3 is 2.40 bits per heavy atom. The minimum atomic E-state index is -4.58. The predicted molar refractivity (Wildman–Crippen MR) is 68.2 cm³/mol. The van der Waals surface area contributed by atoms with E-state index in [-0.39, 0.29) is 5.56 Å². The first-order chi connectivity index (χ1) is 9.27. The third-order valence-electron chi connectivity index (χ3n) is 2.94. The van der Waals surface area contributed by atoms with E-state index < -0.39 is 23.5 Å². The van der Waals surface area contributed by atoms with E-state index in [9.17, 15) is 17.6 Å². The van der Waals surface area contributed by atoms with Crippen molar-refractivity contribution in [2.45, 2.75) is 19.0 Å². The molecule has 0 amide bonds. The molecular weight excluding hydrogens is 294 g/mol. The summed E-state index contributed by atoms with van der Waals surface area (Å²) < 4.78 is 51.4. The predicted octanol–water partition coefficient (Wildman–Crippen LogP) is 5.04. The van der Waals surface area contributed by atoms with Crippen molar-refractivity contribution in [2.24, 2.45) is 0 Å². The third kappa shape index (κ3) is 3.28. The molecule has 0 radical (unpaired) electrons. The molecule has 0 saturated carbocycles. The molecule has 1 aromatic heterocycles. The number of halogens is 5. The Labute approximate surface area is 118 Å². The van der Waals surface area contributed by atoms with E-state index in [1.807, 2.05) is 0 Å². The third-order valence-corrected chi connectivity index (χ3v) is 3.16. The number of alkyl halides is 3. The van der Waals surface area contributed by atoms with Crippen LogP contribution in [-0.4, -0.2) is 4.98 Å². The van der Waals surface area contributed by atoms with Crippen LogP contribution >= 0.6 is 11.6 Å². The number of hydrogen-bond donors (Lipinski definition) is 0. The van der Waals surface area contributed by atoms with E-state index in [0.717, 1.165) is 12.1 Å². The molecule has 0 aliphatic carbocycles. The van der Waals surface area contributed by atoms with E-state index in [2.05, 4.69) is 4.98 Å². The minimum Gasteiger partial charge on any atom is -0.259 e. The number of aromatic nitrogens is 1. The number of benzene rings is 1. The summed E-state index contributed by atoms with van der Waals surface area (Å²) >= 11 is 5.70. The second-order valence-electron chi connectivity index (χ2n) is 4.39. The average Bonchev–Trinajstić information content (AvgIpc) is 2.37. The molecule has 2 rings (SSSR count). The second-order valence-corrected chi connectivity index (χ2v) is 4.83. The maximum atomic E-state index is 13.4. The molecule has 0 N–H and O–H groups in total. The number of nitrogens with zero attached hydrogens (tertiary/aromatic N) is 1. The molecule has 1 atom stereocenters. The van der Waals surface area contributed by atoms with Crippen LogP contribution in [-0.2, 0) is 6.18 Å². The Bertz CT molecular complexity index is 608. The lowest BCUT2D eigenvalue weighted by atomic mass is 9.95. The molecule has 1 aromatic carbocycles. The molecule has 2 aromatic rings. The average molecular weight is 304 g/mol. The molecule has 1 nitrogen and oxygen atoms in total. The zero-order chi connectivity index (χ0) is 14.9. The van der Waals surface area contributed by atoms with Gasteiger partial charge in [0.05, 0.1) is 10.6 Å². The van der Waals surface area contributed by atoms with Crippen molar-refractivity contribution in [3.8, 4) is 0 Å². The van der Waals surface area contributed by atoms with Crippen LogP contribution in [0.1, 0.15) is 29.7 Å². The van der Waals surface area contributed by atoms with Gasteiger partial charge in [-0.15, -0.1) is 0 Å². The van der Waals surface area contributed by atoms with Crippen molar-refractivity contribution in [3.63, 3.8) is 0 Å². The van der Waals surface area contributed by atoms with Gasteiger partial charge in [0, 0.05) is 17.8 Å². The maximum absolute atomic E-state index is 13.4. The van der Waals surface area contributed by atoms with Gasteiger partial charge >= 0.3 is 6.18 Å². The summed E-state index contributed by atoms with van der Waals surface area (Å²) in [5, 5.41) is 0.427. The van der Waals surface area contributed by atoms with E-state index in [1.54, 1.807) is 19.1 Å². The Morgan fingerprint density at radius 2 is 1.85 bits per heavy atom. The van der Waals surface area contributed by atoms with Crippen LogP contribution in [0, 0.1) is 5.82 Å². The van der Waals surface area contributed by atoms with E-state index in [0.29, 0.717) is 16.8 Å². The zero-order valence-corrected chi connectivity index (χ0v) is 11.1. The standard InChI is InChI=1S/C14H10ClF4N/c1-8(13-3-2-11(15)7-20-13)9-4-10(14(17,18)19)6-12(16)5-9/h2-8H,1H3. The fraction of sp³-hybridized carbons (Fsp3) is 0.214. The molecule has 20 heavy (non-hydrogen) atoms. The monoisotopic (exact) mass is 303 g/mol. The Morgan fingerprint density at radius 1 is 1.15 bits per heavy atom. The van der Waals surface area contributed by atoms with Crippen LogP contribution in [0.2, 0.25) is 5.02 Å². The minimum absolute atomic E-state index is 0.215. The Balaban J connectivity index is 2.42. The van der Waals surface area contributed by atoms with Crippen LogP contribution in [0.5, 0.6) is 0 Å².